The lowest BCUT2D eigenvalue weighted by molar-refractivity contribution is -0.142. The summed E-state index contributed by atoms with van der Waals surface area (Å²) in [5, 5.41) is 12.5. The second-order valence-electron chi connectivity index (χ2n) is 6.31. The first kappa shape index (κ1) is 17.6. The first-order valence-electron chi connectivity index (χ1n) is 8.28. The molecule has 0 saturated carbocycles. The van der Waals surface area contributed by atoms with Crippen LogP contribution < -0.4 is 5.32 Å². The van der Waals surface area contributed by atoms with Gasteiger partial charge < -0.3 is 10.4 Å². The lowest BCUT2D eigenvalue weighted by Gasteiger charge is -2.19. The number of hydrogen-bond donors (Lipinski definition) is 2. The average molecular weight is 359 g/mol. The van der Waals surface area contributed by atoms with Crippen molar-refractivity contribution in [1.82, 2.24) is 9.88 Å². The number of nitrogens with zero attached hydrogens (tertiary/aromatic N) is 2. The van der Waals surface area contributed by atoms with Gasteiger partial charge in [-0.1, -0.05) is 29.8 Å². The topological polar surface area (TPSA) is 82.5 Å². The monoisotopic (exact) mass is 359 g/mol. The number of aliphatic carboxylic acids is 1. The summed E-state index contributed by atoms with van der Waals surface area (Å²) >= 11 is 1.45. The van der Waals surface area contributed by atoms with Crippen molar-refractivity contribution < 1.29 is 14.7 Å². The first-order valence-corrected chi connectivity index (χ1v) is 9.10. The summed E-state index contributed by atoms with van der Waals surface area (Å²) in [5.41, 5.74) is 2.43. The molecule has 7 heteroatoms. The Morgan fingerprint density at radius 3 is 3.04 bits per heavy atom. The zero-order valence-electron chi connectivity index (χ0n) is 14.1. The van der Waals surface area contributed by atoms with Crippen LogP contribution >= 0.6 is 11.3 Å². The van der Waals surface area contributed by atoms with E-state index < -0.39 is 12.0 Å². The largest absolute Gasteiger partial charge is 0.480 e. The van der Waals surface area contributed by atoms with Gasteiger partial charge in [-0.15, -0.1) is 11.3 Å². The number of thiazole rings is 1. The van der Waals surface area contributed by atoms with Crippen molar-refractivity contribution in [3.63, 3.8) is 0 Å². The number of carboxylic acids is 1. The van der Waals surface area contributed by atoms with Gasteiger partial charge in [0.25, 0.3) is 0 Å². The minimum absolute atomic E-state index is 0.0871. The van der Waals surface area contributed by atoms with Crippen LogP contribution in [-0.2, 0) is 16.0 Å². The fourth-order valence-corrected chi connectivity index (χ4v) is 3.97. The molecule has 1 fully saturated rings. The third-order valence-electron chi connectivity index (χ3n) is 4.26. The van der Waals surface area contributed by atoms with Gasteiger partial charge in [0.2, 0.25) is 5.91 Å². The van der Waals surface area contributed by atoms with E-state index in [-0.39, 0.29) is 12.5 Å². The minimum Gasteiger partial charge on any atom is -0.480 e. The number of benzene rings is 1. The van der Waals surface area contributed by atoms with Gasteiger partial charge in [-0.05, 0) is 31.9 Å². The molecule has 132 valence electrons. The van der Waals surface area contributed by atoms with Gasteiger partial charge in [0.05, 0.1) is 6.54 Å². The maximum Gasteiger partial charge on any atom is 0.320 e. The summed E-state index contributed by atoms with van der Waals surface area (Å²) in [6.07, 6.45) is 3.96. The fourth-order valence-electron chi connectivity index (χ4n) is 3.11. The Hall–Kier alpha value is -2.25. The van der Waals surface area contributed by atoms with Gasteiger partial charge in [-0.25, -0.2) is 4.98 Å². The number of carboxylic acid groups (broad SMARTS) is 1. The number of aromatic nitrogens is 1. The minimum atomic E-state index is -0.861. The zero-order valence-corrected chi connectivity index (χ0v) is 14.9. The van der Waals surface area contributed by atoms with Crippen LogP contribution in [0.4, 0.5) is 5.13 Å². The maximum atomic E-state index is 12.2. The molecule has 25 heavy (non-hydrogen) atoms. The molecule has 0 aliphatic carbocycles. The van der Waals surface area contributed by atoms with Gasteiger partial charge in [0.1, 0.15) is 6.04 Å². The molecule has 2 aromatic rings. The maximum absolute atomic E-state index is 12.2. The highest BCUT2D eigenvalue weighted by Crippen LogP contribution is 2.22. The molecular weight excluding hydrogens is 338 g/mol. The number of rotatable bonds is 6. The van der Waals surface area contributed by atoms with Crippen molar-refractivity contribution >= 4 is 28.3 Å². The molecule has 1 aromatic heterocycles. The number of likely N-dealkylation sites (tertiary alicyclic amines) is 1. The standard InChI is InChI=1S/C18H21N3O3S/c1-12-4-2-5-13(8-12)9-14-10-19-18(25-14)20-16(22)11-21-7-3-6-15(21)17(23)24/h2,4-5,8,10,15H,3,6-7,9,11H2,1H3,(H,23,24)(H,19,20,22). The van der Waals surface area contributed by atoms with E-state index in [4.69, 9.17) is 5.11 Å². The van der Waals surface area contributed by atoms with Crippen molar-refractivity contribution in [2.75, 3.05) is 18.4 Å². The molecule has 1 unspecified atom stereocenters. The van der Waals surface area contributed by atoms with Crippen LogP contribution in [0.1, 0.15) is 28.8 Å². The molecule has 0 bridgehead atoms. The molecule has 1 aliphatic heterocycles. The Balaban J connectivity index is 1.56. The van der Waals surface area contributed by atoms with E-state index in [1.165, 1.54) is 22.5 Å². The van der Waals surface area contributed by atoms with E-state index in [9.17, 15) is 9.59 Å². The van der Waals surface area contributed by atoms with Crippen LogP contribution in [0, 0.1) is 6.92 Å². The molecule has 3 rings (SSSR count). The third-order valence-corrected chi connectivity index (χ3v) is 5.17. The lowest BCUT2D eigenvalue weighted by atomic mass is 10.1. The third kappa shape index (κ3) is 4.64. The predicted octanol–water partition coefficient (Wildman–Crippen LogP) is 2.53. The highest BCUT2D eigenvalue weighted by molar-refractivity contribution is 7.15. The number of carbonyl (C=O) groups excluding carboxylic acids is 1. The van der Waals surface area contributed by atoms with Crippen molar-refractivity contribution in [3.8, 4) is 0 Å². The van der Waals surface area contributed by atoms with E-state index in [1.807, 2.05) is 6.07 Å². The van der Waals surface area contributed by atoms with Crippen LogP contribution in [0.5, 0.6) is 0 Å². The highest BCUT2D eigenvalue weighted by Gasteiger charge is 2.31. The second kappa shape index (κ2) is 7.76. The van der Waals surface area contributed by atoms with Crippen LogP contribution in [0.2, 0.25) is 0 Å². The van der Waals surface area contributed by atoms with E-state index in [1.54, 1.807) is 11.1 Å². The molecule has 0 spiro atoms. The Morgan fingerprint density at radius 1 is 1.44 bits per heavy atom. The number of amides is 1. The summed E-state index contributed by atoms with van der Waals surface area (Å²) in [6, 6.07) is 7.74. The smallest absolute Gasteiger partial charge is 0.320 e. The molecule has 2 heterocycles. The SMILES string of the molecule is Cc1cccc(Cc2cnc(NC(=O)CN3CCCC3C(=O)O)s2)c1. The molecule has 1 aliphatic rings. The second-order valence-corrected chi connectivity index (χ2v) is 7.43. The number of aryl methyl sites for hydroxylation is 1. The fraction of sp³-hybridized carbons (Fsp3) is 0.389. The average Bonchev–Trinajstić information content (AvgIpc) is 3.17. The summed E-state index contributed by atoms with van der Waals surface area (Å²) < 4.78 is 0. The van der Waals surface area contributed by atoms with Gasteiger partial charge in [-0.3, -0.25) is 14.5 Å². The molecular formula is C18H21N3O3S. The normalized spacial score (nSPS) is 17.6. The van der Waals surface area contributed by atoms with Crippen LogP contribution in [-0.4, -0.2) is 46.0 Å². The quantitative estimate of drug-likeness (QED) is 0.828. The van der Waals surface area contributed by atoms with Crippen LogP contribution in [0.15, 0.2) is 30.5 Å². The van der Waals surface area contributed by atoms with Crippen molar-refractivity contribution in [1.29, 1.82) is 0 Å². The predicted molar refractivity (Wildman–Crippen MR) is 97.0 cm³/mol. The van der Waals surface area contributed by atoms with Gasteiger partial charge >= 0.3 is 5.97 Å². The van der Waals surface area contributed by atoms with Crippen molar-refractivity contribution in [2.24, 2.45) is 0 Å². The van der Waals surface area contributed by atoms with E-state index >= 15 is 0 Å². The molecule has 1 atom stereocenters. The van der Waals surface area contributed by atoms with Crippen LogP contribution in [0.25, 0.3) is 0 Å². The van der Waals surface area contributed by atoms with Crippen molar-refractivity contribution in [3.05, 3.63) is 46.5 Å². The molecule has 2 N–H and O–H groups in total. The summed E-state index contributed by atoms with van der Waals surface area (Å²) in [7, 11) is 0. The molecule has 1 amide bonds. The highest BCUT2D eigenvalue weighted by atomic mass is 32.1. The molecule has 1 aromatic carbocycles. The Morgan fingerprint density at radius 2 is 2.28 bits per heavy atom. The molecule has 0 radical (unpaired) electrons. The van der Waals surface area contributed by atoms with E-state index in [0.717, 1.165) is 17.7 Å². The molecule has 6 nitrogen and oxygen atoms in total. The number of hydrogen-bond acceptors (Lipinski definition) is 5. The van der Waals surface area contributed by atoms with Gasteiger partial charge in [0, 0.05) is 17.5 Å². The van der Waals surface area contributed by atoms with Crippen molar-refractivity contribution in [2.45, 2.75) is 32.2 Å². The van der Waals surface area contributed by atoms with Gasteiger partial charge in [0.15, 0.2) is 5.13 Å². The summed E-state index contributed by atoms with van der Waals surface area (Å²) in [6.45, 7) is 2.79. The summed E-state index contributed by atoms with van der Waals surface area (Å²) in [4.78, 5) is 30.4. The van der Waals surface area contributed by atoms with Crippen LogP contribution in [0.3, 0.4) is 0 Å². The lowest BCUT2D eigenvalue weighted by Crippen LogP contribution is -2.40. The Bertz CT molecular complexity index is 774. The Labute approximate surface area is 150 Å². The van der Waals surface area contributed by atoms with E-state index in [2.05, 4.69) is 35.4 Å². The van der Waals surface area contributed by atoms with Gasteiger partial charge in [-0.2, -0.15) is 0 Å². The summed E-state index contributed by atoms with van der Waals surface area (Å²) in [5.74, 6) is -1.08. The molecule has 1 saturated heterocycles. The first-order chi connectivity index (χ1) is 12.0. The Kier molecular flexibility index (Phi) is 5.45. The number of anilines is 1. The number of carbonyl (C=O) groups is 2. The number of nitrogens with one attached hydrogen (secondary N) is 1. The zero-order chi connectivity index (χ0) is 17.8. The van der Waals surface area contributed by atoms with E-state index in [0.29, 0.717) is 18.1 Å².